The third-order valence-corrected chi connectivity index (χ3v) is 18.6. The largest absolute Gasteiger partial charge is 0.494 e. The van der Waals surface area contributed by atoms with Gasteiger partial charge in [-0.05, 0) is 126 Å². The van der Waals surface area contributed by atoms with E-state index < -0.39 is 121 Å². The molecule has 491 valence electrons. The monoisotopic (exact) mass is 1420 g/mol. The van der Waals surface area contributed by atoms with Crippen LogP contribution < -0.4 is 47.4 Å². The maximum absolute atomic E-state index is 13.7. The molecule has 0 unspecified atom stereocenters. The minimum atomic E-state index is -4.55. The molecular weight excluding hydrogens is 1350 g/mol. The van der Waals surface area contributed by atoms with Crippen molar-refractivity contribution in [2.45, 2.75) is 78.9 Å². The van der Waals surface area contributed by atoms with Crippen LogP contribution in [-0.2, 0) is 89.1 Å². The van der Waals surface area contributed by atoms with Crippen LogP contribution in [0.3, 0.4) is 0 Å². The van der Waals surface area contributed by atoms with Gasteiger partial charge in [0.15, 0.2) is 5.82 Å². The summed E-state index contributed by atoms with van der Waals surface area (Å²) in [5.41, 5.74) is 10.2. The van der Waals surface area contributed by atoms with Gasteiger partial charge >= 0.3 is 5.97 Å². The number of benzene rings is 5. The Labute approximate surface area is 539 Å². The van der Waals surface area contributed by atoms with Crippen molar-refractivity contribution in [3.8, 4) is 5.75 Å². The van der Waals surface area contributed by atoms with Crippen LogP contribution in [0.4, 0.5) is 5.82 Å². The summed E-state index contributed by atoms with van der Waals surface area (Å²) in [5.74, 6) is -3.48. The molecule has 1 radical (unpaired) electrons. The Morgan fingerprint density at radius 1 is 0.725 bits per heavy atom. The second-order valence-corrected chi connectivity index (χ2v) is 27.2. The summed E-state index contributed by atoms with van der Waals surface area (Å²) < 4.78 is 104. The zero-order valence-electron chi connectivity index (χ0n) is 48.8. The smallest absolute Gasteiger partial charge is 0.317 e. The van der Waals surface area contributed by atoms with Crippen LogP contribution in [0.25, 0.3) is 0 Å². The molecule has 0 spiro atoms. The number of ether oxygens (including phenoxy) is 1. The first-order valence-electron chi connectivity index (χ1n) is 27.3. The van der Waals surface area contributed by atoms with Crippen molar-refractivity contribution in [3.05, 3.63) is 162 Å². The third kappa shape index (κ3) is 23.7. The van der Waals surface area contributed by atoms with E-state index in [4.69, 9.17) is 30.7 Å². The fourth-order valence-corrected chi connectivity index (χ4v) is 13.1. The van der Waals surface area contributed by atoms with Gasteiger partial charge in [0, 0.05) is 51.7 Å². The molecule has 3 atom stereocenters. The molecule has 6 aromatic rings. The van der Waals surface area contributed by atoms with E-state index in [0.717, 1.165) is 34.9 Å². The fraction of sp³-hybridized carbons (Fsp3) is 0.310. The molecule has 14 N–H and O–H groups in total. The average Bonchev–Trinajstić information content (AvgIpc) is 0.817. The number of hydrogen-bond acceptors (Lipinski definition) is 20. The predicted octanol–water partition coefficient (Wildman–Crippen LogP) is 2.53. The van der Waals surface area contributed by atoms with Crippen molar-refractivity contribution in [1.29, 1.82) is 5.53 Å². The molecule has 3 heterocycles. The third-order valence-electron chi connectivity index (χ3n) is 13.6. The predicted molar refractivity (Wildman–Crippen MR) is 326 cm³/mol. The summed E-state index contributed by atoms with van der Waals surface area (Å²) in [6.45, 7) is 2.76. The van der Waals surface area contributed by atoms with E-state index in [9.17, 15) is 68.1 Å². The molecule has 2 bridgehead atoms. The normalized spacial score (nSPS) is 15.3. The Bertz CT molecular complexity index is 3610. The van der Waals surface area contributed by atoms with Crippen LogP contribution >= 0.6 is 7.92 Å². The van der Waals surface area contributed by atoms with Crippen LogP contribution in [0.5, 0.6) is 5.75 Å². The molecule has 91 heavy (non-hydrogen) atoms. The van der Waals surface area contributed by atoms with Crippen LogP contribution in [0, 0.1) is 23.3 Å². The van der Waals surface area contributed by atoms with Crippen molar-refractivity contribution in [2.24, 2.45) is 22.9 Å². The van der Waals surface area contributed by atoms with Gasteiger partial charge in [-0.25, -0.2) is 16.0 Å². The number of amides is 4. The number of aliphatic hydroxyl groups is 3. The molecule has 4 amide bonds. The van der Waals surface area contributed by atoms with E-state index >= 15 is 0 Å². The number of carbonyl (C=O) groups excluding carboxylic acids is 4. The van der Waals surface area contributed by atoms with Crippen molar-refractivity contribution >= 4 is 89.6 Å². The van der Waals surface area contributed by atoms with Gasteiger partial charge in [-0.2, -0.15) is 25.3 Å². The second kappa shape index (κ2) is 35.4. The van der Waals surface area contributed by atoms with Gasteiger partial charge in [0.05, 0.1) is 64.7 Å². The van der Waals surface area contributed by atoms with Gasteiger partial charge in [-0.15, -0.1) is 5.11 Å². The van der Waals surface area contributed by atoms with Crippen LogP contribution in [0.15, 0.2) is 159 Å². The number of pyridine rings is 1. The minimum absolute atomic E-state index is 0. The number of carboxylic acid groups (broad SMARTS) is 1. The number of fused-ring (bicyclic) bond motifs is 11. The first kappa shape index (κ1) is 76.1. The van der Waals surface area contributed by atoms with Crippen molar-refractivity contribution < 1.29 is 113 Å². The van der Waals surface area contributed by atoms with Gasteiger partial charge in [0.2, 0.25) is 17.7 Å². The molecule has 0 fully saturated rings. The topological polar surface area (TPSA) is 468 Å². The number of hydroxylamine groups is 1. The van der Waals surface area contributed by atoms with Crippen molar-refractivity contribution in [1.82, 2.24) is 31.7 Å². The molecule has 8 rings (SSSR count). The number of aliphatic hydroxyl groups excluding tert-OH is 3. The number of nitrogens with one attached hydrogen (secondary N) is 6. The minimum Gasteiger partial charge on any atom is -0.494 e. The van der Waals surface area contributed by atoms with Crippen molar-refractivity contribution in [3.63, 3.8) is 0 Å². The summed E-state index contributed by atoms with van der Waals surface area (Å²) in [6, 6.07) is 32.6. The molecule has 0 saturated heterocycles. The number of hydrogen-bond donors (Lipinski definition) is 14. The number of carboxylic acids is 1. The maximum atomic E-state index is 13.7. The summed E-state index contributed by atoms with van der Waals surface area (Å²) >= 11 is 0. The van der Waals surface area contributed by atoms with E-state index in [1.54, 1.807) is 11.5 Å². The molecule has 33 heteroatoms. The van der Waals surface area contributed by atoms with Crippen LogP contribution in [0.2, 0.25) is 0 Å². The fourth-order valence-electron chi connectivity index (χ4n) is 8.83. The van der Waals surface area contributed by atoms with Gasteiger partial charge in [-0.3, -0.25) is 48.2 Å². The SMILES string of the molecule is CC(C)C[C@H]1C(=O)N[C@H](C(=O)NCc2ccc(CNC(=O)c3ccc(N=N)nc3)cc2)Cc2ccc(cc2)OCCC[C@@H]1C(=O)NO.O=C(O)CNC(CO)(CO)CO.O=S(=O)(O)c1cccc(P(c2cccc(S(=O)(=O)O)c2)c2cccc(S(=O)(=O)O)c2)c1.[99Tc]. The second-order valence-electron chi connectivity index (χ2n) is 20.7. The van der Waals surface area contributed by atoms with E-state index in [2.05, 4.69) is 31.4 Å². The zero-order chi connectivity index (χ0) is 66.4. The summed E-state index contributed by atoms with van der Waals surface area (Å²) in [5, 5.41) is 59.1. The Hall–Kier alpha value is -7.39. The first-order valence-corrected chi connectivity index (χ1v) is 32.9. The number of carbonyl (C=O) groups is 5. The van der Waals surface area contributed by atoms with Crippen LogP contribution in [0.1, 0.15) is 60.2 Å². The van der Waals surface area contributed by atoms with E-state index in [0.29, 0.717) is 53.1 Å². The Kier molecular flexibility index (Phi) is 29.6. The Balaban J connectivity index is 0.000000343. The number of aliphatic carboxylic acids is 1. The standard InChI is InChI=1S/C34H41N7O6.C18H15O9PS3.C6H13NO5.Tc/c1-21(2)16-28-27(33(44)41-46)4-3-15-47-26-12-9-22(10-13-26)17-29(39-32(28)43)34(45)38-19-24-7-5-23(6-8-24)18-37-31(42)25-11-14-30(40-35)36-20-25;19-29(20,21)16-7-1-4-13(10-16)28(14-5-2-8-17(11-14)30(22,23)24)15-6-3-9-18(12-15)31(25,26)27;8-2-6(3-9,4-10)7-1-5(11)12;/h5-14,20-21,27-29,35,46H,3-4,15-19H2,1-2H3,(H,37,42)(H,38,45)(H,39,43)(H,41,44);1-12H,(H,19,20,21)(H,22,23,24)(H,25,26,27);7-10H,1-4H2,(H,11,12);/t27-,28+,29-;;;/m0.../s1/i;;;1+1. The van der Waals surface area contributed by atoms with E-state index in [-0.39, 0.29) is 63.2 Å². The van der Waals surface area contributed by atoms with Crippen molar-refractivity contribution in [2.75, 3.05) is 33.0 Å². The molecule has 5 aromatic carbocycles. The first-order chi connectivity index (χ1) is 42.5. The maximum Gasteiger partial charge on any atom is 0.317 e. The van der Waals surface area contributed by atoms with E-state index in [1.165, 1.54) is 66.9 Å². The Morgan fingerprint density at radius 2 is 1.22 bits per heavy atom. The average molecular weight is 1420 g/mol. The zero-order valence-corrected chi connectivity index (χ0v) is 54.0. The quantitative estimate of drug-likeness (QED) is 0.0153. The molecule has 2 aliphatic heterocycles. The molecule has 0 saturated carbocycles. The summed E-state index contributed by atoms with van der Waals surface area (Å²) in [7, 11) is -15.4. The van der Waals surface area contributed by atoms with E-state index in [1.807, 2.05) is 62.4 Å². The number of rotatable bonds is 22. The van der Waals surface area contributed by atoms with Gasteiger partial charge in [0.1, 0.15) is 11.8 Å². The number of aromatic nitrogens is 1. The molecule has 1 aromatic heterocycles. The molecule has 2 aliphatic rings. The van der Waals surface area contributed by atoms with Gasteiger partial charge < -0.3 is 41.1 Å². The Morgan fingerprint density at radius 3 is 1.64 bits per heavy atom. The van der Waals surface area contributed by atoms with Gasteiger partial charge in [0.25, 0.3) is 36.3 Å². The number of nitrogens with zero attached hydrogens (tertiary/aromatic N) is 2. The molecule has 0 aliphatic carbocycles. The summed E-state index contributed by atoms with van der Waals surface area (Å²) in [6.07, 6.45) is 2.79. The van der Waals surface area contributed by atoms with Gasteiger partial charge in [-0.1, -0.05) is 86.6 Å². The molecule has 28 nitrogen and oxygen atoms in total. The summed E-state index contributed by atoms with van der Waals surface area (Å²) in [4.78, 5) is 65.2. The molecular formula is C58H69N8O20PS3Tc. The van der Waals surface area contributed by atoms with Crippen LogP contribution in [-0.4, -0.2) is 144 Å².